The number of hydrogen-bond donors (Lipinski definition) is 0. The third-order valence-corrected chi connectivity index (χ3v) is 2.54. The Balaban J connectivity index is -0.000000605. The van der Waals surface area contributed by atoms with Crippen LogP contribution in [0.1, 0.15) is 45.4 Å². The van der Waals surface area contributed by atoms with E-state index in [9.17, 15) is 13.0 Å². The molecule has 0 aliphatic rings. The average Bonchev–Trinajstić information content (AvgIpc) is 1.94. The van der Waals surface area contributed by atoms with E-state index < -0.39 is 10.1 Å². The molecule has 2 N–H and O–H groups in total. The monoisotopic (exact) mass is 234 g/mol. The Kier molecular flexibility index (Phi) is 17.3. The van der Waals surface area contributed by atoms with E-state index in [2.05, 4.69) is 6.92 Å². The molecule has 0 aliphatic heterocycles. The van der Waals surface area contributed by atoms with Gasteiger partial charge in [-0.05, 0) is 6.42 Å². The van der Waals surface area contributed by atoms with E-state index in [0.717, 1.165) is 19.3 Å². The fourth-order valence-electron chi connectivity index (χ4n) is 1.06. The van der Waals surface area contributed by atoms with Crippen molar-refractivity contribution >= 4 is 10.1 Å². The van der Waals surface area contributed by atoms with Crippen LogP contribution in [0.5, 0.6) is 0 Å². The van der Waals surface area contributed by atoms with Crippen LogP contribution in [-0.4, -0.2) is 24.2 Å². The third kappa shape index (κ3) is 18.6. The minimum Gasteiger partial charge on any atom is -0.748 e. The topological polar surface area (TPSA) is 88.7 Å². The molecule has 0 aromatic heterocycles. The summed E-state index contributed by atoms with van der Waals surface area (Å²) >= 11 is 0. The Morgan fingerprint density at radius 2 is 1.43 bits per heavy atom. The average molecular weight is 234 g/mol. The predicted molar refractivity (Wildman–Crippen MR) is 51.6 cm³/mol. The van der Waals surface area contributed by atoms with Gasteiger partial charge in [0.15, 0.2) is 0 Å². The first-order valence-electron chi connectivity index (χ1n) is 4.50. The molecule has 0 radical (unpaired) electrons. The molecular weight excluding hydrogens is 215 g/mol. The maximum absolute atomic E-state index is 10.2. The number of rotatable bonds is 7. The van der Waals surface area contributed by atoms with E-state index in [1.807, 2.05) is 0 Å². The van der Waals surface area contributed by atoms with Crippen molar-refractivity contribution in [3.05, 3.63) is 0 Å². The smallest absolute Gasteiger partial charge is 0.748 e. The van der Waals surface area contributed by atoms with Crippen molar-refractivity contribution in [1.29, 1.82) is 0 Å². The molecule has 14 heavy (non-hydrogen) atoms. The summed E-state index contributed by atoms with van der Waals surface area (Å²) in [4.78, 5) is 0. The molecule has 0 spiro atoms. The van der Waals surface area contributed by atoms with Crippen molar-refractivity contribution in [1.82, 2.24) is 0 Å². The van der Waals surface area contributed by atoms with Crippen LogP contribution in [0.2, 0.25) is 0 Å². The van der Waals surface area contributed by atoms with Crippen molar-refractivity contribution < 1.29 is 48.0 Å². The van der Waals surface area contributed by atoms with Gasteiger partial charge in [0.05, 0.1) is 10.1 Å². The molecule has 0 fully saturated rings. The summed E-state index contributed by atoms with van der Waals surface area (Å²) in [6.07, 6.45) is 5.96. The van der Waals surface area contributed by atoms with Gasteiger partial charge in [-0.1, -0.05) is 39.0 Å². The number of unbranched alkanes of at least 4 members (excludes halogenated alkanes) is 5. The molecule has 4 nitrogen and oxygen atoms in total. The summed E-state index contributed by atoms with van der Waals surface area (Å²) in [7, 11) is -3.97. The van der Waals surface area contributed by atoms with Crippen LogP contribution in [0.25, 0.3) is 0 Å². The van der Waals surface area contributed by atoms with Gasteiger partial charge in [0.2, 0.25) is 0 Å². The molecule has 0 bridgehead atoms. The molecule has 0 amide bonds. The van der Waals surface area contributed by atoms with Gasteiger partial charge in [-0.3, -0.25) is 0 Å². The minimum absolute atomic E-state index is 0. The predicted octanol–water partition coefficient (Wildman–Crippen LogP) is -1.93. The third-order valence-electron chi connectivity index (χ3n) is 1.75. The summed E-state index contributed by atoms with van der Waals surface area (Å²) < 4.78 is 30.5. The van der Waals surface area contributed by atoms with Crippen molar-refractivity contribution in [2.24, 2.45) is 0 Å². The molecule has 0 rings (SSSR count). The van der Waals surface area contributed by atoms with Crippen molar-refractivity contribution in [3.8, 4) is 0 Å². The van der Waals surface area contributed by atoms with Crippen LogP contribution < -0.4 is 29.6 Å². The maximum atomic E-state index is 10.2. The van der Waals surface area contributed by atoms with Crippen LogP contribution in [0.15, 0.2) is 0 Å². The molecule has 0 atom stereocenters. The van der Waals surface area contributed by atoms with Crippen LogP contribution in [0.4, 0.5) is 0 Å². The second kappa shape index (κ2) is 11.9. The molecule has 82 valence electrons. The zero-order valence-electron chi connectivity index (χ0n) is 9.08. The Hall–Kier alpha value is 0.870. The normalized spacial score (nSPS) is 10.1. The van der Waals surface area contributed by atoms with Crippen LogP contribution in [0, 0.1) is 0 Å². The standard InChI is InChI=1S/C8H18O3S.Na.H2O/c1-2-3-4-5-6-7-8-12(9,10)11;;/h2-8H2,1H3,(H,9,10,11);;1H2/q;+1;/p-1. The first-order chi connectivity index (χ1) is 5.56. The van der Waals surface area contributed by atoms with Crippen LogP contribution >= 0.6 is 0 Å². The van der Waals surface area contributed by atoms with Gasteiger partial charge in [-0.2, -0.15) is 0 Å². The van der Waals surface area contributed by atoms with Gasteiger partial charge in [0.25, 0.3) is 0 Å². The second-order valence-electron chi connectivity index (χ2n) is 3.03. The van der Waals surface area contributed by atoms with Crippen molar-refractivity contribution in [3.63, 3.8) is 0 Å². The Morgan fingerprint density at radius 3 is 1.86 bits per heavy atom. The number of hydrogen-bond acceptors (Lipinski definition) is 3. The Labute approximate surface area is 109 Å². The first kappa shape index (κ1) is 20.3. The van der Waals surface area contributed by atoms with E-state index in [1.165, 1.54) is 12.8 Å². The molecule has 6 heteroatoms. The molecule has 0 heterocycles. The Bertz CT molecular complexity index is 192. The molecule has 0 saturated carbocycles. The minimum atomic E-state index is -3.97. The van der Waals surface area contributed by atoms with Gasteiger partial charge in [0.1, 0.15) is 0 Å². The van der Waals surface area contributed by atoms with Crippen molar-refractivity contribution in [2.75, 3.05) is 5.75 Å². The summed E-state index contributed by atoms with van der Waals surface area (Å²) in [5.74, 6) is -0.195. The van der Waals surface area contributed by atoms with Crippen LogP contribution in [0.3, 0.4) is 0 Å². The SMILES string of the molecule is CCCCCCCCS(=O)(=O)[O-].O.[Na+]. The molecule has 0 aromatic rings. The van der Waals surface area contributed by atoms with Gasteiger partial charge < -0.3 is 10.0 Å². The molecule has 0 saturated heterocycles. The van der Waals surface area contributed by atoms with Gasteiger partial charge in [-0.25, -0.2) is 8.42 Å². The van der Waals surface area contributed by atoms with E-state index in [1.54, 1.807) is 0 Å². The second-order valence-corrected chi connectivity index (χ2v) is 4.55. The molecule has 0 aromatic carbocycles. The van der Waals surface area contributed by atoms with E-state index >= 15 is 0 Å². The zero-order chi connectivity index (χ0) is 9.45. The fraction of sp³-hybridized carbons (Fsp3) is 1.00. The van der Waals surface area contributed by atoms with E-state index in [4.69, 9.17) is 0 Å². The fourth-order valence-corrected chi connectivity index (χ4v) is 1.62. The first-order valence-corrected chi connectivity index (χ1v) is 6.07. The molecule has 0 aliphatic carbocycles. The largest absolute Gasteiger partial charge is 1.00 e. The van der Waals surface area contributed by atoms with Gasteiger partial charge in [-0.15, -0.1) is 0 Å². The van der Waals surface area contributed by atoms with E-state index in [-0.39, 0.29) is 40.8 Å². The summed E-state index contributed by atoms with van der Waals surface area (Å²) in [6, 6.07) is 0. The van der Waals surface area contributed by atoms with Crippen molar-refractivity contribution in [2.45, 2.75) is 45.4 Å². The zero-order valence-corrected chi connectivity index (χ0v) is 11.9. The Morgan fingerprint density at radius 1 is 1.00 bits per heavy atom. The van der Waals surface area contributed by atoms with Crippen LogP contribution in [-0.2, 0) is 10.1 Å². The summed E-state index contributed by atoms with van der Waals surface area (Å²) in [6.45, 7) is 2.13. The maximum Gasteiger partial charge on any atom is 1.00 e. The van der Waals surface area contributed by atoms with Gasteiger partial charge >= 0.3 is 29.6 Å². The quantitative estimate of drug-likeness (QED) is 0.292. The van der Waals surface area contributed by atoms with Gasteiger partial charge in [0, 0.05) is 5.75 Å². The van der Waals surface area contributed by atoms with E-state index in [0.29, 0.717) is 6.42 Å². The summed E-state index contributed by atoms with van der Waals surface area (Å²) in [5, 5.41) is 0. The summed E-state index contributed by atoms with van der Waals surface area (Å²) in [5.41, 5.74) is 0. The molecule has 0 unspecified atom stereocenters. The molecular formula is C8H19NaO4S.